The Morgan fingerprint density at radius 3 is 2.57 bits per heavy atom. The molecule has 5 nitrogen and oxygen atoms in total. The second-order valence-electron chi connectivity index (χ2n) is 7.88. The molecule has 0 atom stereocenters. The molecular formula is C23H30N4O. The number of anilines is 1. The van der Waals surface area contributed by atoms with Gasteiger partial charge in [0.25, 0.3) is 0 Å². The number of fused-ring (bicyclic) bond motifs is 1. The van der Waals surface area contributed by atoms with E-state index in [1.165, 1.54) is 12.8 Å². The van der Waals surface area contributed by atoms with E-state index in [1.54, 1.807) is 0 Å². The van der Waals surface area contributed by atoms with Crippen molar-refractivity contribution in [2.45, 2.75) is 58.4 Å². The Morgan fingerprint density at radius 1 is 1.04 bits per heavy atom. The van der Waals surface area contributed by atoms with Crippen molar-refractivity contribution in [1.82, 2.24) is 14.9 Å². The van der Waals surface area contributed by atoms with Gasteiger partial charge in [0, 0.05) is 43.6 Å². The van der Waals surface area contributed by atoms with Gasteiger partial charge in [-0.25, -0.2) is 9.97 Å². The summed E-state index contributed by atoms with van der Waals surface area (Å²) >= 11 is 0. The number of rotatable bonds is 6. The Kier molecular flexibility index (Phi) is 5.89. The first-order valence-corrected chi connectivity index (χ1v) is 10.7. The lowest BCUT2D eigenvalue weighted by atomic mass is 10.0. The van der Waals surface area contributed by atoms with E-state index in [4.69, 9.17) is 9.97 Å². The van der Waals surface area contributed by atoms with Crippen molar-refractivity contribution in [3.8, 4) is 11.4 Å². The van der Waals surface area contributed by atoms with Gasteiger partial charge in [-0.3, -0.25) is 4.79 Å². The van der Waals surface area contributed by atoms with Crippen LogP contribution < -0.4 is 4.90 Å². The molecule has 1 aromatic heterocycles. The molecule has 4 rings (SSSR count). The van der Waals surface area contributed by atoms with E-state index < -0.39 is 0 Å². The summed E-state index contributed by atoms with van der Waals surface area (Å²) < 4.78 is 0. The predicted octanol–water partition coefficient (Wildman–Crippen LogP) is 4.21. The first-order valence-electron chi connectivity index (χ1n) is 10.7. The highest BCUT2D eigenvalue weighted by molar-refractivity contribution is 5.77. The molecule has 3 heterocycles. The summed E-state index contributed by atoms with van der Waals surface area (Å²) in [6.07, 6.45) is 7.15. The third kappa shape index (κ3) is 4.03. The van der Waals surface area contributed by atoms with Crippen LogP contribution in [0, 0.1) is 0 Å². The molecule has 0 bridgehead atoms. The summed E-state index contributed by atoms with van der Waals surface area (Å²) in [4.78, 5) is 27.0. The molecule has 2 aromatic rings. The molecule has 2 aliphatic rings. The minimum atomic E-state index is 0.276. The fraction of sp³-hybridized carbons (Fsp3) is 0.522. The zero-order chi connectivity index (χ0) is 19.3. The van der Waals surface area contributed by atoms with Crippen LogP contribution in [0.5, 0.6) is 0 Å². The molecule has 0 radical (unpaired) electrons. The predicted molar refractivity (Wildman–Crippen MR) is 112 cm³/mol. The SMILES string of the molecule is CCCCCC(=O)N1CCc2nc(-c3ccccc3)nc(N3CCCC3)c2C1. The molecule has 0 aliphatic carbocycles. The normalized spacial score (nSPS) is 16.3. The average molecular weight is 379 g/mol. The first kappa shape index (κ1) is 18.9. The smallest absolute Gasteiger partial charge is 0.222 e. The summed E-state index contributed by atoms with van der Waals surface area (Å²) in [6, 6.07) is 10.2. The zero-order valence-corrected chi connectivity index (χ0v) is 16.9. The highest BCUT2D eigenvalue weighted by Gasteiger charge is 2.28. The maximum Gasteiger partial charge on any atom is 0.222 e. The van der Waals surface area contributed by atoms with Gasteiger partial charge in [0.05, 0.1) is 12.2 Å². The Bertz CT molecular complexity index is 815. The number of hydrogen-bond donors (Lipinski definition) is 0. The Labute approximate surface area is 167 Å². The minimum absolute atomic E-state index is 0.276. The molecule has 2 aliphatic heterocycles. The van der Waals surface area contributed by atoms with Crippen LogP contribution in [0.1, 0.15) is 56.7 Å². The molecule has 1 saturated heterocycles. The van der Waals surface area contributed by atoms with Crippen LogP contribution in [0.25, 0.3) is 11.4 Å². The van der Waals surface area contributed by atoms with E-state index in [1.807, 2.05) is 23.1 Å². The fourth-order valence-electron chi connectivity index (χ4n) is 4.20. The van der Waals surface area contributed by atoms with Crippen LogP contribution in [0.2, 0.25) is 0 Å². The van der Waals surface area contributed by atoms with Gasteiger partial charge in [-0.15, -0.1) is 0 Å². The van der Waals surface area contributed by atoms with Crippen molar-refractivity contribution in [1.29, 1.82) is 0 Å². The van der Waals surface area contributed by atoms with Gasteiger partial charge in [0.15, 0.2) is 5.82 Å². The topological polar surface area (TPSA) is 49.3 Å². The summed E-state index contributed by atoms with van der Waals surface area (Å²) in [7, 11) is 0. The van der Waals surface area contributed by atoms with Gasteiger partial charge in [-0.1, -0.05) is 50.1 Å². The fourth-order valence-corrected chi connectivity index (χ4v) is 4.20. The van der Waals surface area contributed by atoms with E-state index in [9.17, 15) is 4.79 Å². The summed E-state index contributed by atoms with van der Waals surface area (Å²) in [5, 5.41) is 0. The van der Waals surface area contributed by atoms with Gasteiger partial charge in [-0.05, 0) is 19.3 Å². The molecule has 0 saturated carbocycles. The second kappa shape index (κ2) is 8.72. The van der Waals surface area contributed by atoms with Crippen molar-refractivity contribution < 1.29 is 4.79 Å². The number of benzene rings is 1. The molecule has 1 amide bonds. The maximum absolute atomic E-state index is 12.7. The lowest BCUT2D eigenvalue weighted by Gasteiger charge is -2.32. The average Bonchev–Trinajstić information content (AvgIpc) is 3.28. The molecule has 148 valence electrons. The lowest BCUT2D eigenvalue weighted by molar-refractivity contribution is -0.132. The first-order chi connectivity index (χ1) is 13.8. The summed E-state index contributed by atoms with van der Waals surface area (Å²) in [5.74, 6) is 2.13. The van der Waals surface area contributed by atoms with Crippen molar-refractivity contribution >= 4 is 11.7 Å². The van der Waals surface area contributed by atoms with Crippen LogP contribution in [-0.4, -0.2) is 40.4 Å². The third-order valence-electron chi connectivity index (χ3n) is 5.82. The van der Waals surface area contributed by atoms with Crippen LogP contribution in [0.4, 0.5) is 5.82 Å². The quantitative estimate of drug-likeness (QED) is 0.707. The van der Waals surface area contributed by atoms with Gasteiger partial charge in [0.2, 0.25) is 5.91 Å². The van der Waals surface area contributed by atoms with Crippen LogP contribution in [0.15, 0.2) is 30.3 Å². The number of carbonyl (C=O) groups excluding carboxylic acids is 1. The molecule has 0 spiro atoms. The monoisotopic (exact) mass is 378 g/mol. The molecule has 5 heteroatoms. The number of hydrogen-bond acceptors (Lipinski definition) is 4. The van der Waals surface area contributed by atoms with Crippen molar-refractivity contribution in [2.24, 2.45) is 0 Å². The molecule has 28 heavy (non-hydrogen) atoms. The number of unbranched alkanes of at least 4 members (excludes halogenated alkanes) is 2. The third-order valence-corrected chi connectivity index (χ3v) is 5.82. The van der Waals surface area contributed by atoms with Gasteiger partial charge >= 0.3 is 0 Å². The molecule has 0 unspecified atom stereocenters. The van der Waals surface area contributed by atoms with Crippen molar-refractivity contribution in [3.63, 3.8) is 0 Å². The molecule has 1 aromatic carbocycles. The van der Waals surface area contributed by atoms with Crippen LogP contribution in [-0.2, 0) is 17.8 Å². The zero-order valence-electron chi connectivity index (χ0n) is 16.9. The number of aromatic nitrogens is 2. The number of nitrogens with zero attached hydrogens (tertiary/aromatic N) is 4. The summed E-state index contributed by atoms with van der Waals surface area (Å²) in [6.45, 7) is 5.68. The molecule has 0 N–H and O–H groups in total. The van der Waals surface area contributed by atoms with E-state index in [0.717, 1.165) is 73.8 Å². The number of amides is 1. The van der Waals surface area contributed by atoms with E-state index in [0.29, 0.717) is 13.0 Å². The van der Waals surface area contributed by atoms with Crippen LogP contribution >= 0.6 is 0 Å². The summed E-state index contributed by atoms with van der Waals surface area (Å²) in [5.41, 5.74) is 3.34. The highest BCUT2D eigenvalue weighted by Crippen LogP contribution is 2.31. The van der Waals surface area contributed by atoms with E-state index >= 15 is 0 Å². The molecular weight excluding hydrogens is 348 g/mol. The van der Waals surface area contributed by atoms with E-state index in [2.05, 4.69) is 24.0 Å². The Morgan fingerprint density at radius 2 is 1.82 bits per heavy atom. The number of carbonyl (C=O) groups is 1. The van der Waals surface area contributed by atoms with Gasteiger partial charge in [0.1, 0.15) is 5.82 Å². The molecule has 1 fully saturated rings. The standard InChI is InChI=1S/C23H30N4O/c1-2-3-5-12-21(28)27-16-13-20-19(17-27)23(26-14-8-9-15-26)25-22(24-20)18-10-6-4-7-11-18/h4,6-7,10-11H,2-3,5,8-9,12-17H2,1H3. The Balaban J connectivity index is 1.63. The van der Waals surface area contributed by atoms with Crippen molar-refractivity contribution in [3.05, 3.63) is 41.6 Å². The second-order valence-corrected chi connectivity index (χ2v) is 7.88. The Hall–Kier alpha value is -2.43. The lowest BCUT2D eigenvalue weighted by Crippen LogP contribution is -2.38. The van der Waals surface area contributed by atoms with Gasteiger partial charge < -0.3 is 9.80 Å². The highest BCUT2D eigenvalue weighted by atomic mass is 16.2. The van der Waals surface area contributed by atoms with Gasteiger partial charge in [-0.2, -0.15) is 0 Å². The van der Waals surface area contributed by atoms with Crippen molar-refractivity contribution in [2.75, 3.05) is 24.5 Å². The maximum atomic E-state index is 12.7. The minimum Gasteiger partial charge on any atom is -0.356 e. The van der Waals surface area contributed by atoms with Crippen LogP contribution in [0.3, 0.4) is 0 Å². The largest absolute Gasteiger partial charge is 0.356 e. The van der Waals surface area contributed by atoms with E-state index in [-0.39, 0.29) is 5.91 Å².